The lowest BCUT2D eigenvalue weighted by molar-refractivity contribution is -0.151. The topological polar surface area (TPSA) is 49.8 Å². The number of aliphatic hydroxyl groups excluding tert-OH is 1. The molecule has 3 rings (SSSR count). The highest BCUT2D eigenvalue weighted by Gasteiger charge is 2.46. The fourth-order valence-electron chi connectivity index (χ4n) is 3.30. The summed E-state index contributed by atoms with van der Waals surface area (Å²) in [7, 11) is 0. The number of carbonyl (C=O) groups excluding carboxylic acids is 1. The Morgan fingerprint density at radius 2 is 2.33 bits per heavy atom. The average molecular weight is 293 g/mol. The van der Waals surface area contributed by atoms with Crippen LogP contribution in [-0.4, -0.2) is 47.3 Å². The Labute approximate surface area is 123 Å². The fraction of sp³-hybridized carbons (Fsp3) is 0.562. The van der Waals surface area contributed by atoms with E-state index in [1.54, 1.807) is 17.0 Å². The van der Waals surface area contributed by atoms with Gasteiger partial charge in [-0.1, -0.05) is 12.1 Å². The van der Waals surface area contributed by atoms with Crippen LogP contribution in [-0.2, 0) is 16.0 Å². The summed E-state index contributed by atoms with van der Waals surface area (Å²) in [6, 6.07) is 6.08. The second kappa shape index (κ2) is 5.73. The Hall–Kier alpha value is -1.46. The van der Waals surface area contributed by atoms with Gasteiger partial charge in [-0.25, -0.2) is 4.39 Å². The third-order valence-electron chi connectivity index (χ3n) is 4.54. The Bertz CT molecular complexity index is 528. The molecular weight excluding hydrogens is 273 g/mol. The van der Waals surface area contributed by atoms with Gasteiger partial charge in [0.1, 0.15) is 11.9 Å². The van der Waals surface area contributed by atoms with Crippen molar-refractivity contribution in [2.45, 2.75) is 37.4 Å². The molecule has 0 saturated carbocycles. The van der Waals surface area contributed by atoms with Gasteiger partial charge in [-0.3, -0.25) is 4.79 Å². The summed E-state index contributed by atoms with van der Waals surface area (Å²) >= 11 is 0. The number of aliphatic hydroxyl groups is 1. The van der Waals surface area contributed by atoms with E-state index in [-0.39, 0.29) is 18.1 Å². The first kappa shape index (κ1) is 14.5. The van der Waals surface area contributed by atoms with Gasteiger partial charge in [0, 0.05) is 19.7 Å². The van der Waals surface area contributed by atoms with Crippen LogP contribution in [0.15, 0.2) is 24.3 Å². The second-order valence-corrected chi connectivity index (χ2v) is 5.93. The number of benzene rings is 1. The summed E-state index contributed by atoms with van der Waals surface area (Å²) < 4.78 is 18.9. The lowest BCUT2D eigenvalue weighted by Gasteiger charge is -2.42. The third-order valence-corrected chi connectivity index (χ3v) is 4.54. The molecule has 4 nitrogen and oxygen atoms in total. The molecule has 0 radical (unpaired) electrons. The van der Waals surface area contributed by atoms with Crippen molar-refractivity contribution in [3.05, 3.63) is 35.6 Å². The van der Waals surface area contributed by atoms with Gasteiger partial charge in [-0.15, -0.1) is 0 Å². The van der Waals surface area contributed by atoms with Gasteiger partial charge in [-0.05, 0) is 37.0 Å². The van der Waals surface area contributed by atoms with E-state index in [1.807, 2.05) is 0 Å². The SMILES string of the molecule is O=C(Cc1cccc(F)c1)N1CC[C@@]2(CCCO2)[C@@H](O)C1. The summed E-state index contributed by atoms with van der Waals surface area (Å²) in [4.78, 5) is 13.9. The molecule has 2 atom stereocenters. The normalized spacial score (nSPS) is 29.0. The Balaban J connectivity index is 1.62. The van der Waals surface area contributed by atoms with Gasteiger partial charge in [-0.2, -0.15) is 0 Å². The highest BCUT2D eigenvalue weighted by Crippen LogP contribution is 2.36. The van der Waals surface area contributed by atoms with E-state index >= 15 is 0 Å². The molecule has 2 aliphatic rings. The number of amides is 1. The molecule has 1 N–H and O–H groups in total. The van der Waals surface area contributed by atoms with E-state index < -0.39 is 11.7 Å². The van der Waals surface area contributed by atoms with Crippen molar-refractivity contribution in [1.29, 1.82) is 0 Å². The minimum atomic E-state index is -0.634. The number of likely N-dealkylation sites (tertiary alicyclic amines) is 1. The molecule has 1 amide bonds. The molecule has 1 aromatic carbocycles. The molecule has 0 aliphatic carbocycles. The number of hydrogen-bond acceptors (Lipinski definition) is 3. The summed E-state index contributed by atoms with van der Waals surface area (Å²) in [5.74, 6) is -0.412. The molecule has 1 aromatic rings. The smallest absolute Gasteiger partial charge is 0.227 e. The first-order chi connectivity index (χ1) is 10.1. The Morgan fingerprint density at radius 3 is 3.00 bits per heavy atom. The van der Waals surface area contributed by atoms with E-state index in [4.69, 9.17) is 4.74 Å². The number of piperidine rings is 1. The molecule has 0 bridgehead atoms. The lowest BCUT2D eigenvalue weighted by atomic mass is 9.86. The Kier molecular flexibility index (Phi) is 3.95. The molecule has 2 heterocycles. The first-order valence-corrected chi connectivity index (χ1v) is 7.43. The van der Waals surface area contributed by atoms with Crippen molar-refractivity contribution >= 4 is 5.91 Å². The molecule has 2 fully saturated rings. The molecule has 5 heteroatoms. The molecule has 2 aliphatic heterocycles. The predicted octanol–water partition coefficient (Wildman–Crippen LogP) is 1.51. The second-order valence-electron chi connectivity index (χ2n) is 5.93. The van der Waals surface area contributed by atoms with Gasteiger partial charge in [0.2, 0.25) is 5.91 Å². The lowest BCUT2D eigenvalue weighted by Crippen LogP contribution is -2.56. The molecule has 0 unspecified atom stereocenters. The van der Waals surface area contributed by atoms with Crippen LogP contribution in [0.5, 0.6) is 0 Å². The summed E-state index contributed by atoms with van der Waals surface area (Å²) in [5.41, 5.74) is 0.210. The number of β-amino-alcohol motifs (C(OH)–C–C–N with tert-alkyl or cyclic N) is 1. The summed E-state index contributed by atoms with van der Waals surface area (Å²) in [6.45, 7) is 1.58. The summed E-state index contributed by atoms with van der Waals surface area (Å²) in [5, 5.41) is 10.3. The van der Waals surface area contributed by atoms with Crippen LogP contribution in [0.4, 0.5) is 4.39 Å². The fourth-order valence-corrected chi connectivity index (χ4v) is 3.30. The van der Waals surface area contributed by atoms with E-state index in [2.05, 4.69) is 0 Å². The van der Waals surface area contributed by atoms with E-state index in [0.29, 0.717) is 31.7 Å². The Morgan fingerprint density at radius 1 is 1.48 bits per heavy atom. The maximum atomic E-state index is 13.1. The third kappa shape index (κ3) is 2.94. The van der Waals surface area contributed by atoms with Crippen LogP contribution < -0.4 is 0 Å². The van der Waals surface area contributed by atoms with Crippen LogP contribution >= 0.6 is 0 Å². The zero-order valence-corrected chi connectivity index (χ0v) is 11.9. The molecule has 114 valence electrons. The van der Waals surface area contributed by atoms with Crippen LogP contribution in [0.25, 0.3) is 0 Å². The maximum absolute atomic E-state index is 13.1. The first-order valence-electron chi connectivity index (χ1n) is 7.43. The van der Waals surface area contributed by atoms with Crippen molar-refractivity contribution in [1.82, 2.24) is 4.90 Å². The monoisotopic (exact) mass is 293 g/mol. The van der Waals surface area contributed by atoms with Crippen molar-refractivity contribution in [2.24, 2.45) is 0 Å². The van der Waals surface area contributed by atoms with Gasteiger partial charge < -0.3 is 14.7 Å². The highest BCUT2D eigenvalue weighted by molar-refractivity contribution is 5.79. The predicted molar refractivity (Wildman–Crippen MR) is 75.2 cm³/mol. The number of carbonyl (C=O) groups is 1. The van der Waals surface area contributed by atoms with Crippen molar-refractivity contribution < 1.29 is 19.0 Å². The summed E-state index contributed by atoms with van der Waals surface area (Å²) in [6.07, 6.45) is 2.03. The van der Waals surface area contributed by atoms with Crippen molar-refractivity contribution in [2.75, 3.05) is 19.7 Å². The standard InChI is InChI=1S/C16H20FNO3/c17-13-4-1-3-12(9-13)10-15(20)18-7-6-16(14(19)11-18)5-2-8-21-16/h1,3-4,9,14,19H,2,5-8,10-11H2/t14-,16-/m0/s1. The number of halogens is 1. The molecule has 1 spiro atoms. The number of rotatable bonds is 2. The average Bonchev–Trinajstić information content (AvgIpc) is 2.92. The van der Waals surface area contributed by atoms with Crippen LogP contribution in [0.2, 0.25) is 0 Å². The van der Waals surface area contributed by atoms with E-state index in [9.17, 15) is 14.3 Å². The van der Waals surface area contributed by atoms with E-state index in [0.717, 1.165) is 12.8 Å². The minimum absolute atomic E-state index is 0.0764. The molecule has 0 aromatic heterocycles. The molecule has 2 saturated heterocycles. The number of nitrogens with zero attached hydrogens (tertiary/aromatic N) is 1. The molecule has 21 heavy (non-hydrogen) atoms. The number of ether oxygens (including phenoxy) is 1. The zero-order chi connectivity index (χ0) is 14.9. The largest absolute Gasteiger partial charge is 0.388 e. The maximum Gasteiger partial charge on any atom is 0.227 e. The number of hydrogen-bond donors (Lipinski definition) is 1. The van der Waals surface area contributed by atoms with Crippen LogP contribution in [0.1, 0.15) is 24.8 Å². The van der Waals surface area contributed by atoms with Crippen molar-refractivity contribution in [3.63, 3.8) is 0 Å². The van der Waals surface area contributed by atoms with Gasteiger partial charge >= 0.3 is 0 Å². The minimum Gasteiger partial charge on any atom is -0.388 e. The van der Waals surface area contributed by atoms with Gasteiger partial charge in [0.25, 0.3) is 0 Å². The van der Waals surface area contributed by atoms with Crippen LogP contribution in [0.3, 0.4) is 0 Å². The zero-order valence-electron chi connectivity index (χ0n) is 11.9. The van der Waals surface area contributed by atoms with Gasteiger partial charge in [0.15, 0.2) is 0 Å². The van der Waals surface area contributed by atoms with Gasteiger partial charge in [0.05, 0.1) is 12.0 Å². The molecular formula is C16H20FNO3. The van der Waals surface area contributed by atoms with Crippen LogP contribution in [0, 0.1) is 5.82 Å². The quantitative estimate of drug-likeness (QED) is 0.899. The highest BCUT2D eigenvalue weighted by atomic mass is 19.1. The van der Waals surface area contributed by atoms with Crippen molar-refractivity contribution in [3.8, 4) is 0 Å². The van der Waals surface area contributed by atoms with E-state index in [1.165, 1.54) is 12.1 Å².